The van der Waals surface area contributed by atoms with E-state index in [-0.39, 0.29) is 12.6 Å². The van der Waals surface area contributed by atoms with Crippen molar-refractivity contribution in [2.75, 3.05) is 19.6 Å². The summed E-state index contributed by atoms with van der Waals surface area (Å²) < 4.78 is 0. The van der Waals surface area contributed by atoms with E-state index in [1.807, 2.05) is 13.0 Å². The third kappa shape index (κ3) is 4.09. The van der Waals surface area contributed by atoms with Gasteiger partial charge in [-0.15, -0.1) is 0 Å². The van der Waals surface area contributed by atoms with Crippen LogP contribution in [-0.2, 0) is 4.79 Å². The Labute approximate surface area is 101 Å². The van der Waals surface area contributed by atoms with Crippen LogP contribution in [0.2, 0.25) is 0 Å². The van der Waals surface area contributed by atoms with Crippen molar-refractivity contribution in [1.29, 1.82) is 0 Å². The molecule has 96 valence electrons. The quantitative estimate of drug-likeness (QED) is 0.731. The van der Waals surface area contributed by atoms with Crippen molar-refractivity contribution in [3.05, 3.63) is 11.6 Å². The van der Waals surface area contributed by atoms with E-state index in [2.05, 4.69) is 5.32 Å². The summed E-state index contributed by atoms with van der Waals surface area (Å²) in [5.41, 5.74) is 1.30. The Morgan fingerprint density at radius 2 is 2.29 bits per heavy atom. The lowest BCUT2D eigenvalue weighted by atomic mass is 10.1. The first-order valence-corrected chi connectivity index (χ1v) is 5.95. The Bertz CT molecular complexity index is 326. The fourth-order valence-electron chi connectivity index (χ4n) is 1.68. The van der Waals surface area contributed by atoms with Crippen LogP contribution in [0.3, 0.4) is 0 Å². The van der Waals surface area contributed by atoms with Gasteiger partial charge in [0.2, 0.25) is 0 Å². The average molecular weight is 240 g/mol. The lowest BCUT2D eigenvalue weighted by molar-refractivity contribution is -0.141. The monoisotopic (exact) mass is 240 g/mol. The molecule has 0 radical (unpaired) electrons. The molecule has 0 bridgehead atoms. The van der Waals surface area contributed by atoms with E-state index in [1.165, 1.54) is 5.57 Å². The second-order valence-corrected chi connectivity index (χ2v) is 4.38. The van der Waals surface area contributed by atoms with Crippen molar-refractivity contribution < 1.29 is 14.7 Å². The smallest absolute Gasteiger partial charge is 0.317 e. The Kier molecular flexibility index (Phi) is 5.00. The highest BCUT2D eigenvalue weighted by Crippen LogP contribution is 2.09. The van der Waals surface area contributed by atoms with Crippen LogP contribution in [0, 0.1) is 5.92 Å². The fourth-order valence-corrected chi connectivity index (χ4v) is 1.68. The first-order valence-electron chi connectivity index (χ1n) is 5.95. The molecule has 0 aromatic heterocycles. The number of rotatable bonds is 4. The number of hydrogen-bond donors (Lipinski definition) is 2. The molecule has 1 aliphatic heterocycles. The van der Waals surface area contributed by atoms with Crippen molar-refractivity contribution >= 4 is 12.0 Å². The molecule has 0 aromatic rings. The lowest BCUT2D eigenvalue weighted by Gasteiger charge is -2.26. The van der Waals surface area contributed by atoms with Gasteiger partial charge in [-0.2, -0.15) is 0 Å². The molecule has 0 aliphatic carbocycles. The predicted molar refractivity (Wildman–Crippen MR) is 64.8 cm³/mol. The summed E-state index contributed by atoms with van der Waals surface area (Å²) in [7, 11) is 0. The molecule has 1 atom stereocenters. The minimum Gasteiger partial charge on any atom is -0.481 e. The number of hydrogen-bond acceptors (Lipinski definition) is 2. The first-order chi connectivity index (χ1) is 8.04. The number of nitrogens with zero attached hydrogens (tertiary/aromatic N) is 1. The van der Waals surface area contributed by atoms with Crippen molar-refractivity contribution in [3.63, 3.8) is 0 Å². The van der Waals surface area contributed by atoms with Crippen LogP contribution in [-0.4, -0.2) is 41.6 Å². The van der Waals surface area contributed by atoms with Gasteiger partial charge >= 0.3 is 12.0 Å². The predicted octanol–water partition coefficient (Wildman–Crippen LogP) is 1.46. The van der Waals surface area contributed by atoms with Crippen molar-refractivity contribution in [3.8, 4) is 0 Å². The van der Waals surface area contributed by atoms with Crippen LogP contribution in [0.15, 0.2) is 11.6 Å². The topological polar surface area (TPSA) is 69.6 Å². The standard InChI is InChI=1S/C12H20N2O3/c1-3-10(11(15)16)8-13-12(17)14-6-4-9(2)5-7-14/h4,10H,3,5-8H2,1-2H3,(H,13,17)(H,15,16). The molecule has 5 heteroatoms. The van der Waals surface area contributed by atoms with E-state index in [1.54, 1.807) is 11.8 Å². The van der Waals surface area contributed by atoms with Crippen molar-refractivity contribution in [1.82, 2.24) is 10.2 Å². The number of nitrogens with one attached hydrogen (secondary N) is 1. The Hall–Kier alpha value is -1.52. The first kappa shape index (κ1) is 13.5. The van der Waals surface area contributed by atoms with Gasteiger partial charge in [0.25, 0.3) is 0 Å². The molecule has 1 heterocycles. The van der Waals surface area contributed by atoms with E-state index >= 15 is 0 Å². The highest BCUT2D eigenvalue weighted by atomic mass is 16.4. The maximum Gasteiger partial charge on any atom is 0.317 e. The summed E-state index contributed by atoms with van der Waals surface area (Å²) >= 11 is 0. The summed E-state index contributed by atoms with van der Waals surface area (Å²) in [5.74, 6) is -1.36. The summed E-state index contributed by atoms with van der Waals surface area (Å²) in [6.45, 7) is 5.37. The molecule has 1 rings (SSSR count). The third-order valence-electron chi connectivity index (χ3n) is 3.07. The summed E-state index contributed by atoms with van der Waals surface area (Å²) in [6, 6.07) is -0.173. The van der Waals surface area contributed by atoms with E-state index < -0.39 is 11.9 Å². The number of carbonyl (C=O) groups excluding carboxylic acids is 1. The Morgan fingerprint density at radius 1 is 1.59 bits per heavy atom. The molecule has 0 spiro atoms. The molecule has 2 amide bonds. The zero-order valence-corrected chi connectivity index (χ0v) is 10.4. The maximum absolute atomic E-state index is 11.7. The van der Waals surface area contributed by atoms with Gasteiger partial charge in [-0.1, -0.05) is 18.6 Å². The third-order valence-corrected chi connectivity index (χ3v) is 3.07. The van der Waals surface area contributed by atoms with Crippen molar-refractivity contribution in [2.45, 2.75) is 26.7 Å². The average Bonchev–Trinajstić information content (AvgIpc) is 2.30. The second kappa shape index (κ2) is 6.27. The molecule has 1 unspecified atom stereocenters. The molecule has 5 nitrogen and oxygen atoms in total. The number of carbonyl (C=O) groups is 2. The van der Waals surface area contributed by atoms with Gasteiger partial charge < -0.3 is 15.3 Å². The fraction of sp³-hybridized carbons (Fsp3) is 0.667. The Balaban J connectivity index is 2.37. The van der Waals surface area contributed by atoms with Crippen LogP contribution in [0.25, 0.3) is 0 Å². The molecule has 0 fully saturated rings. The minimum atomic E-state index is -0.859. The van der Waals surface area contributed by atoms with E-state index in [4.69, 9.17) is 5.11 Å². The SMILES string of the molecule is CCC(CNC(=O)N1CC=C(C)CC1)C(=O)O. The zero-order valence-electron chi connectivity index (χ0n) is 10.4. The van der Waals surface area contributed by atoms with Crippen LogP contribution in [0.5, 0.6) is 0 Å². The minimum absolute atomic E-state index is 0.173. The Morgan fingerprint density at radius 3 is 2.76 bits per heavy atom. The maximum atomic E-state index is 11.7. The number of carboxylic acids is 1. The molecule has 1 aliphatic rings. The van der Waals surface area contributed by atoms with Gasteiger partial charge in [-0.3, -0.25) is 4.79 Å². The normalized spacial score (nSPS) is 17.3. The second-order valence-electron chi connectivity index (χ2n) is 4.38. The van der Waals surface area contributed by atoms with Crippen molar-refractivity contribution in [2.24, 2.45) is 5.92 Å². The summed E-state index contributed by atoms with van der Waals surface area (Å²) in [4.78, 5) is 24.2. The molecule has 0 saturated heterocycles. The molecular formula is C12H20N2O3. The molecule has 17 heavy (non-hydrogen) atoms. The van der Waals surface area contributed by atoms with Gasteiger partial charge in [0, 0.05) is 19.6 Å². The van der Waals surface area contributed by atoms with Crippen LogP contribution >= 0.6 is 0 Å². The lowest BCUT2D eigenvalue weighted by Crippen LogP contribution is -2.44. The van der Waals surface area contributed by atoms with Gasteiger partial charge in [-0.25, -0.2) is 4.79 Å². The number of amides is 2. The van der Waals surface area contributed by atoms with Gasteiger partial charge in [0.1, 0.15) is 0 Å². The number of carboxylic acid groups (broad SMARTS) is 1. The van der Waals surface area contributed by atoms with Gasteiger partial charge in [0.05, 0.1) is 5.92 Å². The van der Waals surface area contributed by atoms with Crippen LogP contribution < -0.4 is 5.32 Å². The highest BCUT2D eigenvalue weighted by molar-refractivity contribution is 5.76. The highest BCUT2D eigenvalue weighted by Gasteiger charge is 2.19. The number of urea groups is 1. The van der Waals surface area contributed by atoms with Crippen LogP contribution in [0.1, 0.15) is 26.7 Å². The van der Waals surface area contributed by atoms with Crippen LogP contribution in [0.4, 0.5) is 4.79 Å². The molecule has 0 saturated carbocycles. The number of aliphatic carboxylic acids is 1. The summed E-state index contributed by atoms with van der Waals surface area (Å²) in [5, 5.41) is 11.5. The van der Waals surface area contributed by atoms with Gasteiger partial charge in [0.15, 0.2) is 0 Å². The van der Waals surface area contributed by atoms with Gasteiger partial charge in [-0.05, 0) is 19.8 Å². The van der Waals surface area contributed by atoms with E-state index in [0.29, 0.717) is 19.5 Å². The molecule has 0 aromatic carbocycles. The van der Waals surface area contributed by atoms with E-state index in [0.717, 1.165) is 6.42 Å². The molecular weight excluding hydrogens is 220 g/mol. The summed E-state index contributed by atoms with van der Waals surface area (Å²) in [6.07, 6.45) is 3.44. The zero-order chi connectivity index (χ0) is 12.8. The molecule has 2 N–H and O–H groups in total. The van der Waals surface area contributed by atoms with E-state index in [9.17, 15) is 9.59 Å². The largest absolute Gasteiger partial charge is 0.481 e.